The molecule has 0 fully saturated rings. The Hall–Kier alpha value is -0.570. The van der Waals surface area contributed by atoms with E-state index in [1.807, 2.05) is 13.8 Å². The summed E-state index contributed by atoms with van der Waals surface area (Å²) in [5.74, 6) is 3.85. The van der Waals surface area contributed by atoms with Crippen LogP contribution in [0.5, 0.6) is 0 Å². The lowest BCUT2D eigenvalue weighted by atomic mass is 10.8. The average Bonchev–Trinajstić information content (AvgIpc) is 1.73. The van der Waals surface area contributed by atoms with Crippen molar-refractivity contribution < 1.29 is 9.63 Å². The van der Waals surface area contributed by atoms with Crippen molar-refractivity contribution in [2.45, 2.75) is 28.2 Å². The van der Waals surface area contributed by atoms with Crippen LogP contribution in [0.1, 0.15) is 28.2 Å². The van der Waals surface area contributed by atoms with Gasteiger partial charge in [-0.2, -0.15) is 5.90 Å². The topological polar surface area (TPSA) is 52.3 Å². The fraction of sp³-hybridized carbons (Fsp3) is 0.800. The standard InChI is InChI=1S/C2H5NO2.C2H6.CH4/c1-2(4)5-3;1-2;/h3H2,1H3;1-2H3;1H4. The quantitative estimate of drug-likeness (QED) is 0.488. The summed E-state index contributed by atoms with van der Waals surface area (Å²) in [6.45, 7) is 5.24. The summed E-state index contributed by atoms with van der Waals surface area (Å²) >= 11 is 0. The molecule has 0 aliphatic heterocycles. The van der Waals surface area contributed by atoms with Crippen LogP contribution in [0.3, 0.4) is 0 Å². The molecule has 52 valence electrons. The van der Waals surface area contributed by atoms with E-state index in [2.05, 4.69) is 10.7 Å². The van der Waals surface area contributed by atoms with Gasteiger partial charge < -0.3 is 4.84 Å². The molecule has 0 aliphatic rings. The predicted molar refractivity (Wildman–Crippen MR) is 34.0 cm³/mol. The Labute approximate surface area is 50.8 Å². The highest BCUT2D eigenvalue weighted by molar-refractivity contribution is 5.65. The molecule has 0 aromatic heterocycles. The van der Waals surface area contributed by atoms with Gasteiger partial charge in [0.25, 0.3) is 0 Å². The summed E-state index contributed by atoms with van der Waals surface area (Å²) in [4.78, 5) is 13.1. The van der Waals surface area contributed by atoms with E-state index in [1.165, 1.54) is 6.92 Å². The van der Waals surface area contributed by atoms with E-state index in [4.69, 9.17) is 0 Å². The molecule has 8 heavy (non-hydrogen) atoms. The second-order valence-corrected chi connectivity index (χ2v) is 0.609. The van der Waals surface area contributed by atoms with Crippen molar-refractivity contribution in [2.75, 3.05) is 0 Å². The maximum Gasteiger partial charge on any atom is 0.321 e. The van der Waals surface area contributed by atoms with E-state index in [-0.39, 0.29) is 7.43 Å². The fourth-order valence-electron chi connectivity index (χ4n) is 0. The van der Waals surface area contributed by atoms with E-state index >= 15 is 0 Å². The monoisotopic (exact) mass is 121 g/mol. The van der Waals surface area contributed by atoms with Crippen LogP contribution in [0, 0.1) is 0 Å². The molecule has 0 amide bonds. The molecule has 0 aliphatic carbocycles. The maximum absolute atomic E-state index is 9.47. The van der Waals surface area contributed by atoms with Crippen LogP contribution in [-0.4, -0.2) is 5.97 Å². The highest BCUT2D eigenvalue weighted by Gasteiger charge is 1.77. The minimum atomic E-state index is -0.468. The zero-order chi connectivity index (χ0) is 6.28. The highest BCUT2D eigenvalue weighted by Crippen LogP contribution is 1.55. The Morgan fingerprint density at radius 3 is 1.62 bits per heavy atom. The SMILES string of the molecule is C.CC.CC(=O)ON. The molecule has 0 saturated carbocycles. The van der Waals surface area contributed by atoms with Crippen molar-refractivity contribution in [3.05, 3.63) is 0 Å². The summed E-state index contributed by atoms with van der Waals surface area (Å²) < 4.78 is 0. The van der Waals surface area contributed by atoms with E-state index < -0.39 is 5.97 Å². The van der Waals surface area contributed by atoms with Crippen LogP contribution in [0.25, 0.3) is 0 Å². The lowest BCUT2D eigenvalue weighted by Gasteiger charge is -1.79. The van der Waals surface area contributed by atoms with Gasteiger partial charge in [-0.3, -0.25) is 4.79 Å². The number of carbonyl (C=O) groups is 1. The third-order valence-corrected chi connectivity index (χ3v) is 0.166. The molecule has 0 aromatic rings. The van der Waals surface area contributed by atoms with E-state index in [0.29, 0.717) is 0 Å². The van der Waals surface area contributed by atoms with Crippen molar-refractivity contribution in [3.63, 3.8) is 0 Å². The molecular formula is C5H15NO2. The third kappa shape index (κ3) is 52.1. The summed E-state index contributed by atoms with van der Waals surface area (Å²) in [5.41, 5.74) is 0. The largest absolute Gasteiger partial charge is 0.374 e. The van der Waals surface area contributed by atoms with Crippen molar-refractivity contribution in [2.24, 2.45) is 5.90 Å². The molecule has 0 heterocycles. The van der Waals surface area contributed by atoms with Crippen LogP contribution in [-0.2, 0) is 9.63 Å². The van der Waals surface area contributed by atoms with Gasteiger partial charge in [0.2, 0.25) is 0 Å². The molecule has 0 saturated heterocycles. The molecule has 0 aromatic carbocycles. The first kappa shape index (κ1) is 15.7. The summed E-state index contributed by atoms with van der Waals surface area (Å²) in [6, 6.07) is 0. The smallest absolute Gasteiger partial charge is 0.321 e. The first-order valence-electron chi connectivity index (χ1n) is 2.14. The first-order valence-corrected chi connectivity index (χ1v) is 2.14. The predicted octanol–water partition coefficient (Wildman–Crippen LogP) is 1.09. The van der Waals surface area contributed by atoms with Gasteiger partial charge in [-0.15, -0.1) is 0 Å². The zero-order valence-corrected chi connectivity index (χ0v) is 4.89. The van der Waals surface area contributed by atoms with Gasteiger partial charge in [-0.25, -0.2) is 0 Å². The molecule has 0 rings (SSSR count). The molecule has 0 radical (unpaired) electrons. The van der Waals surface area contributed by atoms with Crippen LogP contribution >= 0.6 is 0 Å². The van der Waals surface area contributed by atoms with Crippen LogP contribution in [0.2, 0.25) is 0 Å². The second-order valence-electron chi connectivity index (χ2n) is 0.609. The summed E-state index contributed by atoms with van der Waals surface area (Å²) in [7, 11) is 0. The molecule has 0 spiro atoms. The van der Waals surface area contributed by atoms with E-state index in [0.717, 1.165) is 0 Å². The van der Waals surface area contributed by atoms with Gasteiger partial charge in [-0.1, -0.05) is 21.3 Å². The molecule has 3 nitrogen and oxygen atoms in total. The summed E-state index contributed by atoms with van der Waals surface area (Å²) in [6.07, 6.45) is 0. The van der Waals surface area contributed by atoms with E-state index in [1.54, 1.807) is 0 Å². The van der Waals surface area contributed by atoms with Gasteiger partial charge >= 0.3 is 5.97 Å². The van der Waals surface area contributed by atoms with Crippen LogP contribution < -0.4 is 5.90 Å². The normalized spacial score (nSPS) is 5.00. The summed E-state index contributed by atoms with van der Waals surface area (Å²) in [5, 5.41) is 0. The Morgan fingerprint density at radius 2 is 1.62 bits per heavy atom. The Morgan fingerprint density at radius 1 is 1.50 bits per heavy atom. The molecule has 0 unspecified atom stereocenters. The van der Waals surface area contributed by atoms with Gasteiger partial charge in [0.05, 0.1) is 0 Å². The number of nitrogens with two attached hydrogens (primary N) is 1. The fourth-order valence-corrected chi connectivity index (χ4v) is 0. The third-order valence-electron chi connectivity index (χ3n) is 0.166. The minimum Gasteiger partial charge on any atom is -0.374 e. The zero-order valence-electron chi connectivity index (χ0n) is 4.89. The first-order chi connectivity index (χ1) is 3.27. The number of hydrogen-bond acceptors (Lipinski definition) is 3. The number of hydrogen-bond donors (Lipinski definition) is 1. The number of carbonyl (C=O) groups excluding carboxylic acids is 1. The second kappa shape index (κ2) is 16.1. The molecule has 0 bridgehead atoms. The van der Waals surface area contributed by atoms with Crippen molar-refractivity contribution in [1.82, 2.24) is 0 Å². The lowest BCUT2D eigenvalue weighted by Crippen LogP contribution is -2.03. The van der Waals surface area contributed by atoms with Gasteiger partial charge in [0.15, 0.2) is 0 Å². The molecule has 2 N–H and O–H groups in total. The van der Waals surface area contributed by atoms with Gasteiger partial charge in [0, 0.05) is 6.92 Å². The molecule has 3 heteroatoms. The average molecular weight is 121 g/mol. The maximum atomic E-state index is 9.47. The minimum absolute atomic E-state index is 0. The Bertz CT molecular complexity index is 45.7. The number of rotatable bonds is 0. The molecule has 0 atom stereocenters. The van der Waals surface area contributed by atoms with Gasteiger partial charge in [0.1, 0.15) is 0 Å². The van der Waals surface area contributed by atoms with E-state index in [9.17, 15) is 4.79 Å². The lowest BCUT2D eigenvalue weighted by molar-refractivity contribution is -0.141. The highest BCUT2D eigenvalue weighted by atomic mass is 16.7. The van der Waals surface area contributed by atoms with Crippen molar-refractivity contribution in [3.8, 4) is 0 Å². The Balaban J connectivity index is -0.0000000750. The van der Waals surface area contributed by atoms with Gasteiger partial charge in [-0.05, 0) is 0 Å². The van der Waals surface area contributed by atoms with Crippen LogP contribution in [0.4, 0.5) is 0 Å². The van der Waals surface area contributed by atoms with Crippen molar-refractivity contribution in [1.29, 1.82) is 0 Å². The molecular weight excluding hydrogens is 106 g/mol. The van der Waals surface area contributed by atoms with Crippen molar-refractivity contribution >= 4 is 5.97 Å². The Kier molecular flexibility index (Phi) is 31.5. The van der Waals surface area contributed by atoms with Crippen LogP contribution in [0.15, 0.2) is 0 Å².